The van der Waals surface area contributed by atoms with Crippen molar-refractivity contribution in [3.63, 3.8) is 0 Å². The Labute approximate surface area is 223 Å². The minimum absolute atomic E-state index is 0.0579. The Bertz CT molecular complexity index is 1200. The van der Waals surface area contributed by atoms with Crippen LogP contribution >= 0.6 is 0 Å². The van der Waals surface area contributed by atoms with E-state index < -0.39 is 29.4 Å². The Morgan fingerprint density at radius 1 is 1.05 bits per heavy atom. The zero-order valence-corrected chi connectivity index (χ0v) is 22.7. The molecule has 0 unspecified atom stereocenters. The highest BCUT2D eigenvalue weighted by Crippen LogP contribution is 2.28. The topological polar surface area (TPSA) is 121 Å². The number of allylic oxidation sites excluding steroid dienone is 1. The minimum atomic E-state index is -1.23. The molecule has 1 aromatic carbocycles. The predicted octanol–water partition coefficient (Wildman–Crippen LogP) is 5.84. The summed E-state index contributed by atoms with van der Waals surface area (Å²) in [6.07, 6.45) is -2.47. The second-order valence-electron chi connectivity index (χ2n) is 9.02. The molecule has 1 rings (SSSR count). The van der Waals surface area contributed by atoms with Crippen molar-refractivity contribution in [3.05, 3.63) is 58.0 Å². The maximum Gasteiger partial charge on any atom is 0.421 e. The summed E-state index contributed by atoms with van der Waals surface area (Å²) in [7, 11) is 1.84. The number of hydrogen-bond acceptors (Lipinski definition) is 8. The number of ether oxygens (including phenoxy) is 2. The van der Waals surface area contributed by atoms with E-state index in [1.807, 2.05) is 18.9 Å². The second-order valence-corrected chi connectivity index (χ2v) is 9.02. The van der Waals surface area contributed by atoms with Crippen molar-refractivity contribution in [2.75, 3.05) is 31.7 Å². The number of rotatable bonds is 10. The van der Waals surface area contributed by atoms with E-state index in [1.54, 1.807) is 45.9 Å². The quantitative estimate of drug-likeness (QED) is 0.125. The molecule has 38 heavy (non-hydrogen) atoms. The highest BCUT2D eigenvalue weighted by Gasteiger charge is 2.35. The summed E-state index contributed by atoms with van der Waals surface area (Å²) in [5, 5.41) is 9.65. The monoisotopic (exact) mass is 520 g/mol. The summed E-state index contributed by atoms with van der Waals surface area (Å²) in [6.45, 7) is 26.1. The van der Waals surface area contributed by atoms with Gasteiger partial charge in [0.2, 0.25) is 0 Å². The Morgan fingerprint density at radius 2 is 1.61 bits per heavy atom. The van der Waals surface area contributed by atoms with Crippen molar-refractivity contribution in [2.24, 2.45) is 16.8 Å². The van der Waals surface area contributed by atoms with Crippen LogP contribution in [0.1, 0.15) is 51.9 Å². The molecule has 0 radical (unpaired) electrons. The van der Waals surface area contributed by atoms with Gasteiger partial charge in [0.1, 0.15) is 5.70 Å². The van der Waals surface area contributed by atoms with Gasteiger partial charge in [0.05, 0.1) is 31.4 Å². The minimum Gasteiger partial charge on any atom is -0.449 e. The van der Waals surface area contributed by atoms with Crippen LogP contribution in [0.4, 0.5) is 21.0 Å². The fourth-order valence-electron chi connectivity index (χ4n) is 2.87. The van der Waals surface area contributed by atoms with Crippen LogP contribution in [0.5, 0.6) is 0 Å². The van der Waals surface area contributed by atoms with Gasteiger partial charge in [-0.05, 0) is 43.9 Å². The molecule has 200 valence electrons. The second kappa shape index (κ2) is 14.8. The van der Waals surface area contributed by atoms with E-state index in [1.165, 1.54) is 13.0 Å². The summed E-state index contributed by atoms with van der Waals surface area (Å²) in [4.78, 5) is 51.4. The predicted molar refractivity (Wildman–Crippen MR) is 143 cm³/mol. The number of aliphatic imine (C=N–C) groups is 1. The number of imide groups is 1. The summed E-state index contributed by atoms with van der Waals surface area (Å²) >= 11 is 0. The smallest absolute Gasteiger partial charge is 0.421 e. The number of ketones is 1. The molecule has 0 aliphatic rings. The van der Waals surface area contributed by atoms with Crippen molar-refractivity contribution in [1.29, 1.82) is 5.26 Å². The number of Topliss-reactive ketones (excluding diaryl/α,β-unsaturated/α-hetero) is 1. The normalized spacial score (nSPS) is 11.6. The van der Waals surface area contributed by atoms with Crippen molar-refractivity contribution in [1.82, 2.24) is 4.90 Å². The summed E-state index contributed by atoms with van der Waals surface area (Å²) in [5.41, 5.74) is -0.492. The van der Waals surface area contributed by atoms with Crippen LogP contribution in [0.3, 0.4) is 0 Å². The molecule has 0 aliphatic carbocycles. The molecule has 11 nitrogen and oxygen atoms in total. The standard InChI is InChI=1S/C27H32N6O5/c1-10-32(9)20-11-12-22(21(13-20)19(6)34)31-25(30-8)24(23(14-28)29-7)33(26(35)37-15-17(2)3)27(36)38-16-18(4)5/h11-13,17-18H,10,15-16H2,1-6,9H3/b24-23+,31-25?. The van der Waals surface area contributed by atoms with E-state index in [0.717, 1.165) is 5.69 Å². The largest absolute Gasteiger partial charge is 0.449 e. The number of hydrogen-bond donors (Lipinski definition) is 0. The summed E-state index contributed by atoms with van der Waals surface area (Å²) in [5.74, 6) is -1.17. The van der Waals surface area contributed by atoms with Gasteiger partial charge in [0.15, 0.2) is 11.5 Å². The number of anilines is 1. The molecule has 0 saturated carbocycles. The lowest BCUT2D eigenvalue weighted by molar-refractivity contribution is 0.0774. The molecule has 1 aromatic rings. The molecule has 2 amide bonds. The Hall–Kier alpha value is -4.69. The highest BCUT2D eigenvalue weighted by atomic mass is 16.6. The highest BCUT2D eigenvalue weighted by molar-refractivity contribution is 6.13. The third-order valence-electron chi connectivity index (χ3n) is 4.93. The molecule has 0 heterocycles. The fourth-order valence-corrected chi connectivity index (χ4v) is 2.87. The van der Waals surface area contributed by atoms with Crippen LogP contribution in [-0.4, -0.2) is 55.5 Å². The summed E-state index contributed by atoms with van der Waals surface area (Å²) < 4.78 is 10.4. The maximum atomic E-state index is 13.1. The lowest BCUT2D eigenvalue weighted by Crippen LogP contribution is -2.40. The summed E-state index contributed by atoms with van der Waals surface area (Å²) in [6, 6.07) is 6.40. The van der Waals surface area contributed by atoms with E-state index in [2.05, 4.69) is 14.7 Å². The van der Waals surface area contributed by atoms with Gasteiger partial charge in [0.25, 0.3) is 11.5 Å². The maximum absolute atomic E-state index is 13.1. The molecule has 0 atom stereocenters. The van der Waals surface area contributed by atoms with Crippen LogP contribution < -0.4 is 4.90 Å². The Balaban J connectivity index is 3.90. The van der Waals surface area contributed by atoms with Crippen molar-refractivity contribution < 1.29 is 23.9 Å². The van der Waals surface area contributed by atoms with Gasteiger partial charge in [-0.25, -0.2) is 19.7 Å². The van der Waals surface area contributed by atoms with E-state index in [0.29, 0.717) is 11.4 Å². The third-order valence-corrected chi connectivity index (χ3v) is 4.93. The number of carbonyl (C=O) groups is 3. The average Bonchev–Trinajstić information content (AvgIpc) is 2.88. The van der Waals surface area contributed by atoms with Crippen LogP contribution in [-0.2, 0) is 9.47 Å². The molecule has 0 saturated heterocycles. The number of carbonyl (C=O) groups excluding carboxylic acids is 3. The molecule has 0 bridgehead atoms. The number of amidine groups is 1. The number of nitrogens with zero attached hydrogens (tertiary/aromatic N) is 6. The molecule has 0 aromatic heterocycles. The van der Waals surface area contributed by atoms with Crippen LogP contribution in [0.15, 0.2) is 34.6 Å². The van der Waals surface area contributed by atoms with Crippen LogP contribution in [0.2, 0.25) is 0 Å². The van der Waals surface area contributed by atoms with E-state index in [4.69, 9.17) is 22.6 Å². The Kier molecular flexibility index (Phi) is 12.2. The molecular weight excluding hydrogens is 488 g/mol. The van der Waals surface area contributed by atoms with Gasteiger partial charge in [-0.15, -0.1) is 4.99 Å². The fraction of sp³-hybridized carbons (Fsp3) is 0.444. The van der Waals surface area contributed by atoms with Crippen LogP contribution in [0, 0.1) is 36.3 Å². The van der Waals surface area contributed by atoms with Gasteiger partial charge < -0.3 is 19.2 Å². The van der Waals surface area contributed by atoms with Gasteiger partial charge in [-0.1, -0.05) is 34.3 Å². The molecule has 0 N–H and O–H groups in total. The zero-order chi connectivity index (χ0) is 29.0. The van der Waals surface area contributed by atoms with E-state index in [-0.39, 0.29) is 42.1 Å². The number of amides is 2. The molecule has 0 fully saturated rings. The van der Waals surface area contributed by atoms with E-state index in [9.17, 15) is 19.6 Å². The average molecular weight is 521 g/mol. The number of benzene rings is 1. The lowest BCUT2D eigenvalue weighted by atomic mass is 10.1. The molecule has 0 spiro atoms. The van der Waals surface area contributed by atoms with Gasteiger partial charge in [-0.2, -0.15) is 4.90 Å². The lowest BCUT2D eigenvalue weighted by Gasteiger charge is -2.23. The first-order chi connectivity index (χ1) is 17.9. The van der Waals surface area contributed by atoms with Crippen molar-refractivity contribution >= 4 is 35.2 Å². The Morgan fingerprint density at radius 3 is 2.00 bits per heavy atom. The first kappa shape index (κ1) is 31.3. The molecule has 0 aliphatic heterocycles. The van der Waals surface area contributed by atoms with Gasteiger partial charge in [-0.3, -0.25) is 4.79 Å². The van der Waals surface area contributed by atoms with Gasteiger partial charge in [0, 0.05) is 19.3 Å². The SMILES string of the molecule is [C-]#[N+]C(=Nc1ccc(N(C)CC)cc1C(C)=O)/C(=C(/C#N)[N+]#[C-])N(C(=O)OCC(C)C)C(=O)OCC(C)C. The molecule has 11 heteroatoms. The third kappa shape index (κ3) is 8.46. The van der Waals surface area contributed by atoms with Crippen molar-refractivity contribution in [2.45, 2.75) is 41.5 Å². The van der Waals surface area contributed by atoms with Crippen LogP contribution in [0.25, 0.3) is 9.69 Å². The van der Waals surface area contributed by atoms with E-state index >= 15 is 0 Å². The zero-order valence-electron chi connectivity index (χ0n) is 22.7. The van der Waals surface area contributed by atoms with Crippen molar-refractivity contribution in [3.8, 4) is 6.07 Å². The first-order valence-corrected chi connectivity index (χ1v) is 11.9. The molecular formula is C27H32N6O5. The number of nitriles is 1. The van der Waals surface area contributed by atoms with Gasteiger partial charge >= 0.3 is 12.2 Å². The first-order valence-electron chi connectivity index (χ1n) is 11.9.